The number of carbonyl (C=O) groups excluding carboxylic acids is 1. The number of carbonyl (C=O) groups is 1. The highest BCUT2D eigenvalue weighted by Gasteiger charge is 2.28. The van der Waals surface area contributed by atoms with E-state index in [1.807, 2.05) is 29.5 Å². The molecule has 1 amide bonds. The monoisotopic (exact) mass is 343 g/mol. The summed E-state index contributed by atoms with van der Waals surface area (Å²) in [6.45, 7) is 9.75. The van der Waals surface area contributed by atoms with E-state index >= 15 is 0 Å². The third-order valence-electron chi connectivity index (χ3n) is 5.42. The van der Waals surface area contributed by atoms with Gasteiger partial charge in [0.15, 0.2) is 5.65 Å². The zero-order chi connectivity index (χ0) is 18.1. The van der Waals surface area contributed by atoms with Crippen LogP contribution in [0.4, 0.5) is 0 Å². The number of nitrogens with zero attached hydrogens (tertiary/aromatic N) is 4. The van der Waals surface area contributed by atoms with Crippen molar-refractivity contribution in [3.05, 3.63) is 23.5 Å². The minimum Gasteiger partial charge on any atom is -0.338 e. The van der Waals surface area contributed by atoms with E-state index in [9.17, 15) is 4.79 Å². The Morgan fingerprint density at radius 1 is 1.44 bits per heavy atom. The molecule has 0 bridgehead atoms. The molecule has 2 N–H and O–H groups in total. The summed E-state index contributed by atoms with van der Waals surface area (Å²) < 4.78 is 1.93. The third kappa shape index (κ3) is 3.40. The van der Waals surface area contributed by atoms with Crippen LogP contribution in [0, 0.1) is 12.8 Å². The molecule has 0 saturated carbocycles. The van der Waals surface area contributed by atoms with Gasteiger partial charge in [0.25, 0.3) is 5.91 Å². The molecule has 25 heavy (non-hydrogen) atoms. The summed E-state index contributed by atoms with van der Waals surface area (Å²) in [4.78, 5) is 19.8. The van der Waals surface area contributed by atoms with Crippen LogP contribution in [0.1, 0.15) is 62.1 Å². The normalized spacial score (nSPS) is 20.7. The molecule has 6 nitrogen and oxygen atoms in total. The van der Waals surface area contributed by atoms with Gasteiger partial charge in [0.05, 0.1) is 23.2 Å². The average molecular weight is 343 g/mol. The summed E-state index contributed by atoms with van der Waals surface area (Å²) in [5, 5.41) is 5.35. The summed E-state index contributed by atoms with van der Waals surface area (Å²) in [6, 6.07) is 2.26. The number of likely N-dealkylation sites (tertiary alicyclic amines) is 1. The second kappa shape index (κ2) is 7.12. The number of nitrogens with two attached hydrogens (primary N) is 1. The molecule has 6 heteroatoms. The van der Waals surface area contributed by atoms with Crippen molar-refractivity contribution in [1.82, 2.24) is 19.7 Å². The Balaban J connectivity index is 1.97. The van der Waals surface area contributed by atoms with Gasteiger partial charge in [0.2, 0.25) is 0 Å². The highest BCUT2D eigenvalue weighted by molar-refractivity contribution is 6.05. The van der Waals surface area contributed by atoms with E-state index in [2.05, 4.69) is 23.9 Å². The van der Waals surface area contributed by atoms with Crippen molar-refractivity contribution in [2.45, 2.75) is 59.0 Å². The quantitative estimate of drug-likeness (QED) is 0.926. The van der Waals surface area contributed by atoms with Crippen LogP contribution in [0.25, 0.3) is 11.0 Å². The topological polar surface area (TPSA) is 77.0 Å². The molecular formula is C19H29N5O. The molecule has 1 aliphatic rings. The van der Waals surface area contributed by atoms with Crippen LogP contribution in [0.15, 0.2) is 12.3 Å². The van der Waals surface area contributed by atoms with Crippen molar-refractivity contribution in [2.24, 2.45) is 11.7 Å². The minimum absolute atomic E-state index is 0.0737. The van der Waals surface area contributed by atoms with Crippen molar-refractivity contribution in [3.8, 4) is 0 Å². The van der Waals surface area contributed by atoms with Gasteiger partial charge in [0.1, 0.15) is 0 Å². The Morgan fingerprint density at radius 2 is 2.20 bits per heavy atom. The first-order valence-corrected chi connectivity index (χ1v) is 9.32. The Morgan fingerprint density at radius 3 is 2.88 bits per heavy atom. The minimum atomic E-state index is 0.0737. The summed E-state index contributed by atoms with van der Waals surface area (Å²) in [5.74, 6) is 0.448. The Labute approximate surface area is 149 Å². The van der Waals surface area contributed by atoms with E-state index in [4.69, 9.17) is 5.73 Å². The van der Waals surface area contributed by atoms with Crippen LogP contribution in [0.2, 0.25) is 0 Å². The SMILES string of the molecule is CCC(C)n1ncc2c(C(=O)N3CCCC(C(C)N)C3)cc(C)nc21. The fourth-order valence-electron chi connectivity index (χ4n) is 3.61. The standard InChI is InChI=1S/C19H29N5O/c1-5-13(3)24-18-17(10-21-24)16(9-12(2)22-18)19(25)23-8-6-7-15(11-23)14(4)20/h9-10,13-15H,5-8,11,20H2,1-4H3. The maximum absolute atomic E-state index is 13.2. The van der Waals surface area contributed by atoms with E-state index in [1.54, 1.807) is 6.20 Å². The highest BCUT2D eigenvalue weighted by Crippen LogP contribution is 2.26. The molecule has 0 aliphatic carbocycles. The Kier molecular flexibility index (Phi) is 5.08. The first-order chi connectivity index (χ1) is 11.9. The highest BCUT2D eigenvalue weighted by atomic mass is 16.2. The van der Waals surface area contributed by atoms with Gasteiger partial charge in [0, 0.05) is 24.8 Å². The predicted molar refractivity (Wildman–Crippen MR) is 99.5 cm³/mol. The lowest BCUT2D eigenvalue weighted by Gasteiger charge is -2.34. The van der Waals surface area contributed by atoms with Gasteiger partial charge in [-0.2, -0.15) is 5.10 Å². The molecule has 2 aromatic rings. The van der Waals surface area contributed by atoms with Crippen LogP contribution in [-0.4, -0.2) is 44.7 Å². The smallest absolute Gasteiger partial charge is 0.254 e. The molecule has 1 fully saturated rings. The van der Waals surface area contributed by atoms with Crippen LogP contribution < -0.4 is 5.73 Å². The summed E-state index contributed by atoms with van der Waals surface area (Å²) >= 11 is 0. The summed E-state index contributed by atoms with van der Waals surface area (Å²) in [6.07, 6.45) is 4.86. The zero-order valence-electron chi connectivity index (χ0n) is 15.7. The predicted octanol–water partition coefficient (Wildman–Crippen LogP) is 2.91. The number of hydrogen-bond donors (Lipinski definition) is 1. The van der Waals surface area contributed by atoms with E-state index in [-0.39, 0.29) is 18.0 Å². The number of amides is 1. The van der Waals surface area contributed by atoms with Crippen molar-refractivity contribution in [3.63, 3.8) is 0 Å². The maximum atomic E-state index is 13.2. The van der Waals surface area contributed by atoms with Crippen LogP contribution in [-0.2, 0) is 0 Å². The zero-order valence-corrected chi connectivity index (χ0v) is 15.7. The lowest BCUT2D eigenvalue weighted by molar-refractivity contribution is 0.0663. The molecular weight excluding hydrogens is 314 g/mol. The van der Waals surface area contributed by atoms with Gasteiger partial charge in [-0.3, -0.25) is 4.79 Å². The molecule has 3 rings (SSSR count). The van der Waals surface area contributed by atoms with Gasteiger partial charge in [-0.25, -0.2) is 9.67 Å². The lowest BCUT2D eigenvalue weighted by atomic mass is 9.91. The van der Waals surface area contributed by atoms with E-state index in [1.165, 1.54) is 0 Å². The van der Waals surface area contributed by atoms with Gasteiger partial charge < -0.3 is 10.6 Å². The fraction of sp³-hybridized carbons (Fsp3) is 0.632. The van der Waals surface area contributed by atoms with Crippen molar-refractivity contribution in [2.75, 3.05) is 13.1 Å². The summed E-state index contributed by atoms with van der Waals surface area (Å²) in [5.41, 5.74) is 8.44. The first-order valence-electron chi connectivity index (χ1n) is 9.32. The fourth-order valence-corrected chi connectivity index (χ4v) is 3.61. The van der Waals surface area contributed by atoms with E-state index in [0.29, 0.717) is 11.5 Å². The molecule has 3 unspecified atom stereocenters. The van der Waals surface area contributed by atoms with Crippen LogP contribution >= 0.6 is 0 Å². The third-order valence-corrected chi connectivity index (χ3v) is 5.42. The molecule has 2 aromatic heterocycles. The van der Waals surface area contributed by atoms with E-state index in [0.717, 1.165) is 49.1 Å². The Hall–Kier alpha value is -1.95. The number of aromatic nitrogens is 3. The molecule has 0 aromatic carbocycles. The largest absolute Gasteiger partial charge is 0.338 e. The van der Waals surface area contributed by atoms with Gasteiger partial charge >= 0.3 is 0 Å². The number of fused-ring (bicyclic) bond motifs is 1. The maximum Gasteiger partial charge on any atom is 0.254 e. The second-order valence-electron chi connectivity index (χ2n) is 7.41. The second-order valence-corrected chi connectivity index (χ2v) is 7.41. The van der Waals surface area contributed by atoms with Crippen LogP contribution in [0.5, 0.6) is 0 Å². The number of hydrogen-bond acceptors (Lipinski definition) is 4. The van der Waals surface area contributed by atoms with Gasteiger partial charge in [-0.15, -0.1) is 0 Å². The van der Waals surface area contributed by atoms with Crippen molar-refractivity contribution < 1.29 is 4.79 Å². The van der Waals surface area contributed by atoms with E-state index < -0.39 is 0 Å². The molecule has 3 heterocycles. The molecule has 0 spiro atoms. The molecule has 3 atom stereocenters. The summed E-state index contributed by atoms with van der Waals surface area (Å²) in [7, 11) is 0. The number of pyridine rings is 1. The van der Waals surface area contributed by atoms with Crippen molar-refractivity contribution in [1.29, 1.82) is 0 Å². The Bertz CT molecular complexity index is 767. The van der Waals surface area contributed by atoms with Gasteiger partial charge in [-0.05, 0) is 52.0 Å². The molecule has 0 radical (unpaired) electrons. The lowest BCUT2D eigenvalue weighted by Crippen LogP contribution is -2.45. The van der Waals surface area contributed by atoms with Crippen LogP contribution in [0.3, 0.4) is 0 Å². The average Bonchev–Trinajstić information content (AvgIpc) is 3.03. The first kappa shape index (κ1) is 17.9. The number of piperidine rings is 1. The number of rotatable bonds is 4. The molecule has 136 valence electrons. The van der Waals surface area contributed by atoms with Gasteiger partial charge in [-0.1, -0.05) is 6.92 Å². The number of aryl methyl sites for hydroxylation is 1. The van der Waals surface area contributed by atoms with Crippen molar-refractivity contribution >= 4 is 16.9 Å². The molecule has 1 saturated heterocycles. The molecule has 1 aliphatic heterocycles.